The number of anilines is 2. The minimum atomic E-state index is -0.608. The van der Waals surface area contributed by atoms with Crippen LogP contribution in [-0.4, -0.2) is 56.7 Å². The Labute approximate surface area is 184 Å². The summed E-state index contributed by atoms with van der Waals surface area (Å²) in [5.74, 6) is 0.0969. The second-order valence-corrected chi connectivity index (χ2v) is 8.32. The van der Waals surface area contributed by atoms with E-state index in [1.807, 2.05) is 0 Å². The number of carbonyl (C=O) groups excluding carboxylic acids is 1. The summed E-state index contributed by atoms with van der Waals surface area (Å²) in [6.45, 7) is 1.92. The Balaban J connectivity index is 1.60. The largest absolute Gasteiger partial charge is 0.377 e. The number of para-hydroxylation sites is 1. The fraction of sp³-hybridized carbons (Fsp3) is 0.350. The highest BCUT2D eigenvalue weighted by molar-refractivity contribution is 14.1. The van der Waals surface area contributed by atoms with Crippen LogP contribution in [0.15, 0.2) is 42.7 Å². The Bertz CT molecular complexity index is 858. The summed E-state index contributed by atoms with van der Waals surface area (Å²) in [4.78, 5) is 24.3. The fourth-order valence-corrected chi connectivity index (χ4v) is 4.33. The lowest BCUT2D eigenvalue weighted by atomic mass is 10.1. The van der Waals surface area contributed by atoms with Gasteiger partial charge in [-0.05, 0) is 24.1 Å². The van der Waals surface area contributed by atoms with Gasteiger partial charge in [-0.2, -0.15) is 0 Å². The quantitative estimate of drug-likeness (QED) is 0.132. The lowest BCUT2D eigenvalue weighted by molar-refractivity contribution is -0.124. The molecule has 1 unspecified atom stereocenters. The van der Waals surface area contributed by atoms with E-state index in [0.717, 1.165) is 19.5 Å². The van der Waals surface area contributed by atoms with Gasteiger partial charge in [-0.3, -0.25) is 19.9 Å². The number of benzene rings is 1. The molecule has 3 N–H and O–H groups in total. The first kappa shape index (κ1) is 21.5. The molecule has 3 rings (SSSR count). The summed E-state index contributed by atoms with van der Waals surface area (Å²) in [6, 6.07) is 8.78. The summed E-state index contributed by atoms with van der Waals surface area (Å²) in [5, 5.41) is 12.0. The van der Waals surface area contributed by atoms with Gasteiger partial charge in [0.25, 0.3) is 5.91 Å². The van der Waals surface area contributed by atoms with E-state index in [4.69, 9.17) is 5.21 Å². The minimum Gasteiger partial charge on any atom is -0.377 e. The third-order valence-corrected chi connectivity index (χ3v) is 6.43. The highest BCUT2D eigenvalue weighted by Gasteiger charge is 2.32. The molecular weight excluding hydrogens is 483 g/mol. The fourth-order valence-electron chi connectivity index (χ4n) is 3.31. The number of hydrogen-bond acceptors (Lipinski definition) is 7. The number of nitrogens with one attached hydrogen (secondary N) is 2. The van der Waals surface area contributed by atoms with Crippen molar-refractivity contribution in [1.29, 1.82) is 0 Å². The first-order valence-corrected chi connectivity index (χ1v) is 10.6. The average molecular weight is 508 g/mol. The van der Waals surface area contributed by atoms with Crippen LogP contribution < -0.4 is 15.7 Å². The highest BCUT2D eigenvalue weighted by Crippen LogP contribution is 2.29. The SMILES string of the molecule is CN(C)c1ccccc1CN1CC[C@@H](Nc2cnc(C=CC(=O)NO)cn2)C1I. The van der Waals surface area contributed by atoms with Crippen molar-refractivity contribution in [2.45, 2.75) is 23.1 Å². The molecule has 2 atom stereocenters. The Hall–Kier alpha value is -2.24. The molecule has 1 saturated heterocycles. The van der Waals surface area contributed by atoms with E-state index < -0.39 is 5.91 Å². The van der Waals surface area contributed by atoms with Crippen molar-refractivity contribution in [3.63, 3.8) is 0 Å². The van der Waals surface area contributed by atoms with Crippen LogP contribution in [0.1, 0.15) is 17.7 Å². The molecule has 1 aliphatic heterocycles. The van der Waals surface area contributed by atoms with Crippen molar-refractivity contribution in [2.75, 3.05) is 30.9 Å². The number of amides is 1. The van der Waals surface area contributed by atoms with E-state index in [1.54, 1.807) is 12.4 Å². The number of aromatic nitrogens is 2. The number of hydroxylamine groups is 1. The standard InChI is InChI=1S/C20H25IN6O2/c1-26(2)17-6-4-3-5-14(17)13-27-10-9-16(20(27)21)24-18-12-22-15(11-23-18)7-8-19(28)25-29/h3-8,11-12,16,20,29H,9-10,13H2,1-2H3,(H,23,24)(H,25,28)/t16-,20?/m1/s1. The molecule has 1 amide bonds. The smallest absolute Gasteiger partial charge is 0.267 e. The van der Waals surface area contributed by atoms with Crippen molar-refractivity contribution >= 4 is 46.1 Å². The lowest BCUT2D eigenvalue weighted by Crippen LogP contribution is -2.33. The van der Waals surface area contributed by atoms with Crippen LogP contribution in [0.5, 0.6) is 0 Å². The van der Waals surface area contributed by atoms with E-state index in [9.17, 15) is 4.79 Å². The molecule has 2 aromatic rings. The Morgan fingerprint density at radius 3 is 2.83 bits per heavy atom. The van der Waals surface area contributed by atoms with E-state index >= 15 is 0 Å². The maximum atomic E-state index is 11.0. The van der Waals surface area contributed by atoms with Gasteiger partial charge in [0.1, 0.15) is 5.82 Å². The van der Waals surface area contributed by atoms with Crippen LogP contribution in [0.25, 0.3) is 6.08 Å². The van der Waals surface area contributed by atoms with E-state index in [-0.39, 0.29) is 6.04 Å². The average Bonchev–Trinajstić information content (AvgIpc) is 3.06. The second-order valence-electron chi connectivity index (χ2n) is 7.04. The molecule has 2 heterocycles. The summed E-state index contributed by atoms with van der Waals surface area (Å²) in [7, 11) is 4.14. The van der Waals surface area contributed by atoms with Crippen molar-refractivity contribution in [3.8, 4) is 0 Å². The Morgan fingerprint density at radius 2 is 2.14 bits per heavy atom. The van der Waals surface area contributed by atoms with Crippen molar-refractivity contribution in [2.24, 2.45) is 0 Å². The predicted molar refractivity (Wildman–Crippen MR) is 122 cm³/mol. The number of nitrogens with zero attached hydrogens (tertiary/aromatic N) is 4. The number of alkyl halides is 1. The van der Waals surface area contributed by atoms with Gasteiger partial charge in [-0.1, -0.05) is 40.8 Å². The van der Waals surface area contributed by atoms with Gasteiger partial charge >= 0.3 is 0 Å². The van der Waals surface area contributed by atoms with Crippen molar-refractivity contribution < 1.29 is 10.0 Å². The van der Waals surface area contributed by atoms with Gasteiger partial charge in [-0.25, -0.2) is 10.5 Å². The number of likely N-dealkylation sites (tertiary alicyclic amines) is 1. The molecule has 0 spiro atoms. The van der Waals surface area contributed by atoms with E-state index in [0.29, 0.717) is 15.6 Å². The number of hydrogen-bond donors (Lipinski definition) is 3. The minimum absolute atomic E-state index is 0.276. The molecule has 0 aliphatic carbocycles. The maximum Gasteiger partial charge on any atom is 0.267 e. The zero-order valence-corrected chi connectivity index (χ0v) is 18.6. The van der Waals surface area contributed by atoms with Crippen LogP contribution in [0.4, 0.5) is 11.5 Å². The molecule has 0 bridgehead atoms. The third kappa shape index (κ3) is 5.64. The number of halogens is 1. The zero-order valence-electron chi connectivity index (χ0n) is 16.4. The first-order valence-electron chi connectivity index (χ1n) is 9.32. The molecule has 0 saturated carbocycles. The third-order valence-electron chi connectivity index (χ3n) is 4.78. The topological polar surface area (TPSA) is 93.6 Å². The van der Waals surface area contributed by atoms with Gasteiger partial charge in [0.05, 0.1) is 28.2 Å². The normalized spacial score (nSPS) is 19.4. The van der Waals surface area contributed by atoms with Gasteiger partial charge < -0.3 is 10.2 Å². The highest BCUT2D eigenvalue weighted by atomic mass is 127. The molecule has 1 aromatic carbocycles. The maximum absolute atomic E-state index is 11.0. The van der Waals surface area contributed by atoms with Crippen molar-refractivity contribution in [3.05, 3.63) is 54.0 Å². The summed E-state index contributed by atoms with van der Waals surface area (Å²) >= 11 is 2.49. The summed E-state index contributed by atoms with van der Waals surface area (Å²) < 4.78 is 0.331. The molecule has 1 aromatic heterocycles. The van der Waals surface area contributed by atoms with E-state index in [2.05, 4.69) is 86.0 Å². The molecule has 1 fully saturated rings. The molecule has 1 aliphatic rings. The van der Waals surface area contributed by atoms with Gasteiger partial charge in [0.15, 0.2) is 0 Å². The molecule has 9 heteroatoms. The number of carbonyl (C=O) groups is 1. The zero-order chi connectivity index (χ0) is 20.8. The first-order chi connectivity index (χ1) is 14.0. The molecule has 29 heavy (non-hydrogen) atoms. The Morgan fingerprint density at radius 1 is 1.34 bits per heavy atom. The van der Waals surface area contributed by atoms with Gasteiger partial charge in [0.2, 0.25) is 0 Å². The summed E-state index contributed by atoms with van der Waals surface area (Å²) in [5.41, 5.74) is 4.65. The van der Waals surface area contributed by atoms with Gasteiger partial charge in [0, 0.05) is 38.9 Å². The van der Waals surface area contributed by atoms with Crippen molar-refractivity contribution in [1.82, 2.24) is 20.3 Å². The Kier molecular flexibility index (Phi) is 7.40. The predicted octanol–water partition coefficient (Wildman–Crippen LogP) is 2.51. The van der Waals surface area contributed by atoms with Crippen LogP contribution >= 0.6 is 22.6 Å². The second kappa shape index (κ2) is 9.99. The van der Waals surface area contributed by atoms with Crippen LogP contribution in [0.3, 0.4) is 0 Å². The molecular formula is C20H25IN6O2. The molecule has 0 radical (unpaired) electrons. The molecule has 154 valence electrons. The van der Waals surface area contributed by atoms with E-state index in [1.165, 1.54) is 28.9 Å². The van der Waals surface area contributed by atoms with Gasteiger partial charge in [-0.15, -0.1) is 0 Å². The van der Waals surface area contributed by atoms with Crippen LogP contribution in [0, 0.1) is 0 Å². The summed E-state index contributed by atoms with van der Waals surface area (Å²) in [6.07, 6.45) is 6.95. The monoisotopic (exact) mass is 508 g/mol. The number of rotatable bonds is 7. The van der Waals surface area contributed by atoms with Crippen LogP contribution in [-0.2, 0) is 11.3 Å². The van der Waals surface area contributed by atoms with Crippen LogP contribution in [0.2, 0.25) is 0 Å². The molecule has 8 nitrogen and oxygen atoms in total. The lowest BCUT2D eigenvalue weighted by Gasteiger charge is -2.26.